The maximum atomic E-state index is 12.7. The van der Waals surface area contributed by atoms with Crippen molar-refractivity contribution in [2.24, 2.45) is 5.41 Å². The summed E-state index contributed by atoms with van der Waals surface area (Å²) in [6.07, 6.45) is -2.69. The molecule has 0 saturated carbocycles. The molecule has 1 aromatic carbocycles. The first kappa shape index (κ1) is 23.8. The maximum absolute atomic E-state index is 12.7. The molecular weight excluding hydrogens is 417 g/mol. The summed E-state index contributed by atoms with van der Waals surface area (Å²) in [4.78, 5) is 27.5. The summed E-state index contributed by atoms with van der Waals surface area (Å²) in [5, 5.41) is 11.9. The highest BCUT2D eigenvalue weighted by Gasteiger charge is 2.40. The van der Waals surface area contributed by atoms with Gasteiger partial charge in [-0.15, -0.1) is 11.8 Å². The summed E-state index contributed by atoms with van der Waals surface area (Å²) < 4.78 is 38.1. The van der Waals surface area contributed by atoms with Gasteiger partial charge in [0.15, 0.2) is 0 Å². The molecule has 1 aliphatic rings. The number of likely N-dealkylation sites (N-methyl/N-ethyl adjacent to an activating group) is 1. The zero-order chi connectivity index (χ0) is 22.9. The Kier molecular flexibility index (Phi) is 6.90. The first-order valence-corrected chi connectivity index (χ1v) is 10.4. The Hall–Kier alpha value is -2.49. The second kappa shape index (κ2) is 8.71. The summed E-state index contributed by atoms with van der Waals surface area (Å²) in [5.41, 5.74) is -0.389. The van der Waals surface area contributed by atoms with Crippen LogP contribution in [0.1, 0.15) is 31.9 Å². The van der Waals surface area contributed by atoms with Gasteiger partial charge in [-0.25, -0.2) is 4.79 Å². The van der Waals surface area contributed by atoms with Gasteiger partial charge in [-0.3, -0.25) is 20.0 Å². The normalized spacial score (nSPS) is 17.5. The fourth-order valence-electron chi connectivity index (χ4n) is 2.85. The molecular formula is C20H25F3N4O2S. The SMILES string of the molecule is CS/C(NCc1ccc(C(F)(F)F)cc1)=C1/C(=N)N(CC(C)(C)C)C(=O)N(C)C1=O. The second-order valence-corrected chi connectivity index (χ2v) is 8.92. The van der Waals surface area contributed by atoms with Crippen LogP contribution in [0.25, 0.3) is 0 Å². The molecule has 2 rings (SSSR count). The number of halogens is 3. The summed E-state index contributed by atoms with van der Waals surface area (Å²) in [6.45, 7) is 6.19. The molecule has 1 fully saturated rings. The second-order valence-electron chi connectivity index (χ2n) is 8.10. The van der Waals surface area contributed by atoms with Gasteiger partial charge in [0, 0.05) is 20.1 Å². The molecule has 30 heavy (non-hydrogen) atoms. The van der Waals surface area contributed by atoms with Crippen molar-refractivity contribution in [2.75, 3.05) is 19.8 Å². The summed E-state index contributed by atoms with van der Waals surface area (Å²) in [7, 11) is 1.36. The standard InChI is InChI=1S/C20H25F3N4O2S/c1-19(2,3)11-27-15(24)14(17(28)26(4)18(27)29)16(30-5)25-10-12-6-8-13(9-7-12)20(21,22)23/h6-9,24-25H,10-11H2,1-5H3/b16-14-,24-15?. The number of alkyl halides is 3. The van der Waals surface area contributed by atoms with E-state index in [1.807, 2.05) is 20.8 Å². The number of carbonyl (C=O) groups is 2. The van der Waals surface area contributed by atoms with Crippen LogP contribution in [0.15, 0.2) is 34.9 Å². The van der Waals surface area contributed by atoms with Crippen LogP contribution in [-0.2, 0) is 17.5 Å². The monoisotopic (exact) mass is 442 g/mol. The van der Waals surface area contributed by atoms with Crippen LogP contribution in [0.3, 0.4) is 0 Å². The van der Waals surface area contributed by atoms with Gasteiger partial charge >= 0.3 is 12.2 Å². The zero-order valence-electron chi connectivity index (χ0n) is 17.5. The number of amidine groups is 1. The van der Waals surface area contributed by atoms with Crippen LogP contribution in [0.5, 0.6) is 0 Å². The van der Waals surface area contributed by atoms with Gasteiger partial charge in [0.25, 0.3) is 5.91 Å². The number of thioether (sulfide) groups is 1. The number of amides is 3. The minimum Gasteiger partial charge on any atom is -0.375 e. The predicted octanol–water partition coefficient (Wildman–Crippen LogP) is 4.29. The van der Waals surface area contributed by atoms with Crippen molar-refractivity contribution in [3.8, 4) is 0 Å². The van der Waals surface area contributed by atoms with E-state index in [1.54, 1.807) is 6.26 Å². The molecule has 1 aliphatic heterocycles. The Balaban J connectivity index is 2.30. The Morgan fingerprint density at radius 2 is 1.70 bits per heavy atom. The van der Waals surface area contributed by atoms with Gasteiger partial charge in [-0.2, -0.15) is 13.2 Å². The van der Waals surface area contributed by atoms with Gasteiger partial charge in [0.1, 0.15) is 11.4 Å². The number of carbonyl (C=O) groups excluding carboxylic acids is 2. The molecule has 1 heterocycles. The molecule has 0 atom stereocenters. The first-order chi connectivity index (χ1) is 13.8. The van der Waals surface area contributed by atoms with Crippen LogP contribution < -0.4 is 5.32 Å². The number of hydrogen-bond acceptors (Lipinski definition) is 5. The van der Waals surface area contributed by atoms with Crippen molar-refractivity contribution in [2.45, 2.75) is 33.5 Å². The molecule has 3 amide bonds. The van der Waals surface area contributed by atoms with Gasteiger partial charge < -0.3 is 5.32 Å². The molecule has 6 nitrogen and oxygen atoms in total. The average Bonchev–Trinajstić information content (AvgIpc) is 2.65. The number of imide groups is 1. The van der Waals surface area contributed by atoms with E-state index >= 15 is 0 Å². The number of benzene rings is 1. The highest BCUT2D eigenvalue weighted by Crippen LogP contribution is 2.30. The number of rotatable bonds is 5. The van der Waals surface area contributed by atoms with Gasteiger partial charge in [-0.05, 0) is 29.4 Å². The smallest absolute Gasteiger partial charge is 0.375 e. The Bertz CT molecular complexity index is 874. The molecule has 0 aliphatic carbocycles. The van der Waals surface area contributed by atoms with Crippen molar-refractivity contribution < 1.29 is 22.8 Å². The van der Waals surface area contributed by atoms with Crippen LogP contribution >= 0.6 is 11.8 Å². The summed E-state index contributed by atoms with van der Waals surface area (Å²) >= 11 is 1.20. The van der Waals surface area contributed by atoms with Crippen molar-refractivity contribution in [1.29, 1.82) is 5.41 Å². The van der Waals surface area contributed by atoms with Crippen LogP contribution in [0.4, 0.5) is 18.0 Å². The molecule has 0 radical (unpaired) electrons. The quantitative estimate of drug-likeness (QED) is 0.667. The zero-order valence-corrected chi connectivity index (χ0v) is 18.3. The molecule has 1 aromatic rings. The van der Waals surface area contributed by atoms with Crippen LogP contribution in [0.2, 0.25) is 0 Å². The largest absolute Gasteiger partial charge is 0.416 e. The number of nitrogens with zero attached hydrogens (tertiary/aromatic N) is 2. The van der Waals surface area contributed by atoms with E-state index in [9.17, 15) is 22.8 Å². The summed E-state index contributed by atoms with van der Waals surface area (Å²) in [5.74, 6) is -0.790. The lowest BCUT2D eigenvalue weighted by Gasteiger charge is -2.37. The van der Waals surface area contributed by atoms with Crippen LogP contribution in [-0.4, -0.2) is 47.4 Å². The molecule has 2 N–H and O–H groups in total. The highest BCUT2D eigenvalue weighted by molar-refractivity contribution is 8.02. The van der Waals surface area contributed by atoms with Crippen molar-refractivity contribution in [3.63, 3.8) is 0 Å². The molecule has 0 unspecified atom stereocenters. The van der Waals surface area contributed by atoms with E-state index in [4.69, 9.17) is 5.41 Å². The average molecular weight is 443 g/mol. The Labute approximate surface area is 178 Å². The van der Waals surface area contributed by atoms with Crippen molar-refractivity contribution in [1.82, 2.24) is 15.1 Å². The predicted molar refractivity (Wildman–Crippen MR) is 111 cm³/mol. The minimum atomic E-state index is -4.41. The van der Waals surface area contributed by atoms with Gasteiger partial charge in [0.05, 0.1) is 10.6 Å². The van der Waals surface area contributed by atoms with Crippen molar-refractivity contribution >= 4 is 29.5 Å². The molecule has 0 bridgehead atoms. The lowest BCUT2D eigenvalue weighted by Crippen LogP contribution is -2.57. The van der Waals surface area contributed by atoms with E-state index in [2.05, 4.69) is 5.32 Å². The maximum Gasteiger partial charge on any atom is 0.416 e. The van der Waals surface area contributed by atoms with Gasteiger partial charge in [0.2, 0.25) is 0 Å². The highest BCUT2D eigenvalue weighted by atomic mass is 32.2. The third-order valence-electron chi connectivity index (χ3n) is 4.34. The van der Waals surface area contributed by atoms with E-state index < -0.39 is 23.7 Å². The van der Waals surface area contributed by atoms with Crippen molar-refractivity contribution in [3.05, 3.63) is 46.0 Å². The number of urea groups is 1. The van der Waals surface area contributed by atoms with E-state index in [0.717, 1.165) is 17.0 Å². The third-order valence-corrected chi connectivity index (χ3v) is 5.10. The molecule has 1 saturated heterocycles. The number of hydrogen-bond donors (Lipinski definition) is 2. The molecule has 164 valence electrons. The van der Waals surface area contributed by atoms with E-state index in [0.29, 0.717) is 10.6 Å². The minimum absolute atomic E-state index is 0.0563. The molecule has 0 spiro atoms. The lowest BCUT2D eigenvalue weighted by atomic mass is 9.95. The Morgan fingerprint density at radius 1 is 1.13 bits per heavy atom. The summed E-state index contributed by atoms with van der Waals surface area (Å²) in [6, 6.07) is 4.14. The molecule has 10 heteroatoms. The molecule has 0 aromatic heterocycles. The Morgan fingerprint density at radius 3 is 2.17 bits per heavy atom. The lowest BCUT2D eigenvalue weighted by molar-refractivity contribution is -0.137. The third kappa shape index (κ3) is 5.35. The fourth-order valence-corrected chi connectivity index (χ4v) is 3.45. The van der Waals surface area contributed by atoms with Gasteiger partial charge in [-0.1, -0.05) is 32.9 Å². The van der Waals surface area contributed by atoms with E-state index in [1.165, 1.54) is 35.8 Å². The number of nitrogens with one attached hydrogen (secondary N) is 2. The fraction of sp³-hybridized carbons (Fsp3) is 0.450. The first-order valence-electron chi connectivity index (χ1n) is 9.13. The van der Waals surface area contributed by atoms with Crippen LogP contribution in [0, 0.1) is 10.8 Å². The topological polar surface area (TPSA) is 76.5 Å². The van der Waals surface area contributed by atoms with E-state index in [-0.39, 0.29) is 29.9 Å².